The number of rotatable bonds is 5. The van der Waals surface area contributed by atoms with E-state index in [1.54, 1.807) is 0 Å². The van der Waals surface area contributed by atoms with Crippen molar-refractivity contribution in [2.45, 2.75) is 6.04 Å². The molecule has 0 saturated heterocycles. The van der Waals surface area contributed by atoms with Gasteiger partial charge >= 0.3 is 0 Å². The van der Waals surface area contributed by atoms with Crippen LogP contribution >= 0.6 is 38.9 Å². The molecule has 1 unspecified atom stereocenters. The van der Waals surface area contributed by atoms with Gasteiger partial charge in [-0.2, -0.15) is 0 Å². The fourth-order valence-corrected chi connectivity index (χ4v) is 2.89. The Bertz CT molecular complexity index is 294. The average molecular weight is 296 g/mol. The average Bonchev–Trinajstić information content (AvgIpc) is 2.48. The van der Waals surface area contributed by atoms with Gasteiger partial charge in [0.15, 0.2) is 0 Å². The Hall–Kier alpha value is 0.130. The lowest BCUT2D eigenvalue weighted by Crippen LogP contribution is -2.27. The first-order chi connectivity index (χ1) is 6.69. The number of hydrogen-bond donors (Lipinski definition) is 2. The van der Waals surface area contributed by atoms with Crippen LogP contribution < -0.4 is 11.1 Å². The molecule has 0 spiro atoms. The zero-order valence-corrected chi connectivity index (χ0v) is 10.8. The van der Waals surface area contributed by atoms with Crippen LogP contribution in [0.25, 0.3) is 0 Å². The van der Waals surface area contributed by atoms with Gasteiger partial charge in [0.25, 0.3) is 0 Å². The molecule has 1 rings (SSSR count). The van der Waals surface area contributed by atoms with E-state index in [4.69, 9.17) is 17.3 Å². The molecule has 2 nitrogen and oxygen atoms in total. The van der Waals surface area contributed by atoms with E-state index in [-0.39, 0.29) is 6.04 Å². The van der Waals surface area contributed by atoms with E-state index in [0.29, 0.717) is 6.54 Å². The molecule has 0 bridgehead atoms. The summed E-state index contributed by atoms with van der Waals surface area (Å²) in [5.41, 5.74) is 5.66. The summed E-state index contributed by atoms with van der Waals surface area (Å²) in [5.74, 6) is 0. The normalized spacial score (nSPS) is 12.8. The Morgan fingerprint density at radius 3 is 2.93 bits per heavy atom. The predicted molar refractivity (Wildman–Crippen MR) is 67.0 cm³/mol. The van der Waals surface area contributed by atoms with Crippen LogP contribution in [-0.4, -0.2) is 13.1 Å². The van der Waals surface area contributed by atoms with E-state index in [1.807, 2.05) is 12.1 Å². The van der Waals surface area contributed by atoms with E-state index in [1.165, 1.54) is 11.3 Å². The molecule has 1 heterocycles. The second-order valence-corrected chi connectivity index (χ2v) is 5.30. The molecule has 1 aromatic heterocycles. The number of thiophene rings is 1. The molecule has 14 heavy (non-hydrogen) atoms. The highest BCUT2D eigenvalue weighted by atomic mass is 79.9. The van der Waals surface area contributed by atoms with Crippen molar-refractivity contribution in [3.05, 3.63) is 32.4 Å². The molecule has 0 aliphatic rings. The van der Waals surface area contributed by atoms with Crippen LogP contribution in [0.5, 0.6) is 0 Å². The molecular formula is C9H12BrClN2S. The first kappa shape index (κ1) is 12.2. The summed E-state index contributed by atoms with van der Waals surface area (Å²) in [5, 5.41) is 3.26. The standard InChI is InChI=1S/C9H12BrClN2S/c1-2-3-13-7(5-12)8-4-6(10)9(11)14-8/h2,4,7,13H,1,3,5,12H2. The Morgan fingerprint density at radius 2 is 2.50 bits per heavy atom. The van der Waals surface area contributed by atoms with Crippen LogP contribution in [-0.2, 0) is 0 Å². The maximum Gasteiger partial charge on any atom is 0.107 e. The zero-order chi connectivity index (χ0) is 10.6. The lowest BCUT2D eigenvalue weighted by molar-refractivity contribution is 0.586. The molecule has 0 saturated carbocycles. The highest BCUT2D eigenvalue weighted by molar-refractivity contribution is 9.10. The van der Waals surface area contributed by atoms with E-state index in [2.05, 4.69) is 27.8 Å². The fourth-order valence-electron chi connectivity index (χ4n) is 1.06. The van der Waals surface area contributed by atoms with Gasteiger partial charge in [-0.1, -0.05) is 17.7 Å². The number of halogens is 2. The van der Waals surface area contributed by atoms with Crippen molar-refractivity contribution in [2.24, 2.45) is 5.73 Å². The van der Waals surface area contributed by atoms with Crippen LogP contribution in [0.15, 0.2) is 23.2 Å². The van der Waals surface area contributed by atoms with Crippen molar-refractivity contribution in [2.75, 3.05) is 13.1 Å². The topological polar surface area (TPSA) is 38.0 Å². The predicted octanol–water partition coefficient (Wildman–Crippen LogP) is 2.94. The second kappa shape index (κ2) is 5.88. The van der Waals surface area contributed by atoms with Crippen LogP contribution in [0.4, 0.5) is 0 Å². The van der Waals surface area contributed by atoms with Gasteiger partial charge in [0.1, 0.15) is 4.34 Å². The summed E-state index contributed by atoms with van der Waals surface area (Å²) >= 11 is 10.9. The molecule has 0 aliphatic heterocycles. The van der Waals surface area contributed by atoms with Crippen molar-refractivity contribution in [1.29, 1.82) is 0 Å². The van der Waals surface area contributed by atoms with Crippen LogP contribution in [0.3, 0.4) is 0 Å². The molecule has 0 aromatic carbocycles. The third-order valence-electron chi connectivity index (χ3n) is 1.75. The Kier molecular flexibility index (Phi) is 5.12. The Morgan fingerprint density at radius 1 is 1.79 bits per heavy atom. The third kappa shape index (κ3) is 3.07. The highest BCUT2D eigenvalue weighted by Crippen LogP contribution is 2.34. The van der Waals surface area contributed by atoms with Crippen LogP contribution in [0.2, 0.25) is 4.34 Å². The summed E-state index contributed by atoms with van der Waals surface area (Å²) in [4.78, 5) is 1.14. The highest BCUT2D eigenvalue weighted by Gasteiger charge is 2.13. The zero-order valence-electron chi connectivity index (χ0n) is 7.59. The summed E-state index contributed by atoms with van der Waals surface area (Å²) in [7, 11) is 0. The second-order valence-electron chi connectivity index (χ2n) is 2.76. The van der Waals surface area contributed by atoms with Gasteiger partial charge in [0.05, 0.1) is 6.04 Å². The van der Waals surface area contributed by atoms with Crippen LogP contribution in [0, 0.1) is 0 Å². The van der Waals surface area contributed by atoms with Gasteiger partial charge in [-0.3, -0.25) is 0 Å². The molecule has 0 amide bonds. The third-order valence-corrected chi connectivity index (χ3v) is 4.34. The number of nitrogens with two attached hydrogens (primary N) is 1. The molecule has 3 N–H and O–H groups in total. The molecule has 1 aromatic rings. The van der Waals surface area contributed by atoms with Crippen molar-refractivity contribution >= 4 is 38.9 Å². The summed E-state index contributed by atoms with van der Waals surface area (Å²) < 4.78 is 1.69. The van der Waals surface area contributed by atoms with Gasteiger partial charge < -0.3 is 11.1 Å². The van der Waals surface area contributed by atoms with Gasteiger partial charge in [0.2, 0.25) is 0 Å². The molecule has 0 fully saturated rings. The molecular weight excluding hydrogens is 284 g/mol. The minimum Gasteiger partial charge on any atom is -0.329 e. The summed E-state index contributed by atoms with van der Waals surface area (Å²) in [6.07, 6.45) is 1.81. The molecule has 0 aliphatic carbocycles. The van der Waals surface area contributed by atoms with E-state index < -0.39 is 0 Å². The summed E-state index contributed by atoms with van der Waals surface area (Å²) in [6.45, 7) is 4.95. The van der Waals surface area contributed by atoms with Crippen molar-refractivity contribution in [3.63, 3.8) is 0 Å². The monoisotopic (exact) mass is 294 g/mol. The van der Waals surface area contributed by atoms with Crippen molar-refractivity contribution in [3.8, 4) is 0 Å². The first-order valence-corrected chi connectivity index (χ1v) is 6.16. The van der Waals surface area contributed by atoms with Crippen molar-refractivity contribution < 1.29 is 0 Å². The van der Waals surface area contributed by atoms with E-state index >= 15 is 0 Å². The van der Waals surface area contributed by atoms with Crippen LogP contribution in [0.1, 0.15) is 10.9 Å². The molecule has 5 heteroatoms. The van der Waals surface area contributed by atoms with Gasteiger partial charge in [-0.15, -0.1) is 17.9 Å². The van der Waals surface area contributed by atoms with Gasteiger partial charge in [-0.05, 0) is 22.0 Å². The first-order valence-electron chi connectivity index (χ1n) is 4.18. The Balaban J connectivity index is 2.73. The summed E-state index contributed by atoms with van der Waals surface area (Å²) in [6, 6.07) is 2.16. The lowest BCUT2D eigenvalue weighted by Gasteiger charge is -2.13. The number of hydrogen-bond acceptors (Lipinski definition) is 3. The van der Waals surface area contributed by atoms with Gasteiger partial charge in [-0.25, -0.2) is 0 Å². The minimum absolute atomic E-state index is 0.154. The maximum absolute atomic E-state index is 5.95. The fraction of sp³-hybridized carbons (Fsp3) is 0.333. The molecule has 1 atom stereocenters. The quantitative estimate of drug-likeness (QED) is 0.820. The largest absolute Gasteiger partial charge is 0.329 e. The lowest BCUT2D eigenvalue weighted by atomic mass is 10.2. The smallest absolute Gasteiger partial charge is 0.107 e. The van der Waals surface area contributed by atoms with Gasteiger partial charge in [0, 0.05) is 22.4 Å². The SMILES string of the molecule is C=CCNC(CN)c1cc(Br)c(Cl)s1. The Labute approximate surface area is 101 Å². The molecule has 78 valence electrons. The van der Waals surface area contributed by atoms with E-state index in [9.17, 15) is 0 Å². The van der Waals surface area contributed by atoms with E-state index in [0.717, 1.165) is 20.2 Å². The maximum atomic E-state index is 5.95. The number of nitrogens with one attached hydrogen (secondary N) is 1. The molecule has 0 radical (unpaired) electrons. The van der Waals surface area contributed by atoms with Crippen molar-refractivity contribution in [1.82, 2.24) is 5.32 Å². The minimum atomic E-state index is 0.154.